The molecule has 0 unspecified atom stereocenters. The average molecular weight is 270 g/mol. The van der Waals surface area contributed by atoms with Gasteiger partial charge in [0.25, 0.3) is 0 Å². The molecule has 0 atom stereocenters. The first kappa shape index (κ1) is 14.6. The van der Waals surface area contributed by atoms with Gasteiger partial charge in [0.05, 0.1) is 0 Å². The topological polar surface area (TPSA) is 38.5 Å². The molecule has 0 bridgehead atoms. The minimum Gasteiger partial charge on any atom is -0.489 e. The molecule has 0 heterocycles. The maximum Gasteiger partial charge on any atom is 0.124 e. The molecule has 106 valence electrons. The Morgan fingerprint density at radius 1 is 1.00 bits per heavy atom. The Balaban J connectivity index is 2.00. The van der Waals surface area contributed by atoms with Crippen LogP contribution < -0.4 is 10.5 Å². The van der Waals surface area contributed by atoms with E-state index in [1.165, 1.54) is 11.1 Å². The highest BCUT2D eigenvalue weighted by Gasteiger charge is 2.06. The smallest absolute Gasteiger partial charge is 0.124 e. The van der Waals surface area contributed by atoms with Crippen LogP contribution in [0.25, 0.3) is 0 Å². The summed E-state index contributed by atoms with van der Waals surface area (Å²) in [5.74, 6) is 0.945. The highest BCUT2D eigenvalue weighted by atomic mass is 16.5. The molecule has 3 nitrogen and oxygen atoms in total. The van der Waals surface area contributed by atoms with E-state index in [-0.39, 0.29) is 0 Å². The molecule has 2 aromatic rings. The molecule has 0 saturated carbocycles. The molecule has 0 amide bonds. The first-order valence-corrected chi connectivity index (χ1v) is 6.93. The predicted molar refractivity (Wildman–Crippen MR) is 82.6 cm³/mol. The number of rotatable bonds is 7. The lowest BCUT2D eigenvalue weighted by atomic mass is 10.2. The zero-order chi connectivity index (χ0) is 14.2. The van der Waals surface area contributed by atoms with E-state index in [0.29, 0.717) is 13.2 Å². The molecule has 0 aliphatic rings. The molecule has 0 aromatic heterocycles. The van der Waals surface area contributed by atoms with Crippen molar-refractivity contribution in [3.63, 3.8) is 0 Å². The van der Waals surface area contributed by atoms with E-state index >= 15 is 0 Å². The van der Waals surface area contributed by atoms with Crippen molar-refractivity contribution in [1.29, 1.82) is 0 Å². The molecular formula is C17H22N2O. The minimum atomic E-state index is 0.596. The monoisotopic (exact) mass is 270 g/mol. The van der Waals surface area contributed by atoms with Gasteiger partial charge >= 0.3 is 0 Å². The summed E-state index contributed by atoms with van der Waals surface area (Å²) in [5.41, 5.74) is 7.96. The number of benzene rings is 2. The lowest BCUT2D eigenvalue weighted by molar-refractivity contribution is 0.287. The largest absolute Gasteiger partial charge is 0.489 e. The summed E-state index contributed by atoms with van der Waals surface area (Å²) in [5, 5.41) is 0. The van der Waals surface area contributed by atoms with Crippen LogP contribution in [0.2, 0.25) is 0 Å². The number of hydrogen-bond donors (Lipinski definition) is 1. The van der Waals surface area contributed by atoms with Crippen LogP contribution in [0.15, 0.2) is 54.6 Å². The molecule has 0 aliphatic heterocycles. The van der Waals surface area contributed by atoms with Crippen molar-refractivity contribution in [2.45, 2.75) is 13.2 Å². The Labute approximate surface area is 121 Å². The fourth-order valence-electron chi connectivity index (χ4n) is 2.10. The van der Waals surface area contributed by atoms with E-state index in [9.17, 15) is 0 Å². The van der Waals surface area contributed by atoms with Gasteiger partial charge in [-0.1, -0.05) is 48.5 Å². The van der Waals surface area contributed by atoms with Gasteiger partial charge in [-0.3, -0.25) is 0 Å². The molecule has 0 fully saturated rings. The molecule has 0 spiro atoms. The fourth-order valence-corrected chi connectivity index (χ4v) is 2.10. The molecule has 2 N–H and O–H groups in total. The van der Waals surface area contributed by atoms with Crippen molar-refractivity contribution in [2.75, 3.05) is 20.1 Å². The lowest BCUT2D eigenvalue weighted by Gasteiger charge is -2.18. The SMILES string of the molecule is CN(CCN)Cc1ccccc1OCc1ccccc1. The number of likely N-dealkylation sites (N-methyl/N-ethyl adjacent to an activating group) is 1. The third-order valence-corrected chi connectivity index (χ3v) is 3.16. The summed E-state index contributed by atoms with van der Waals surface area (Å²) in [6.07, 6.45) is 0. The summed E-state index contributed by atoms with van der Waals surface area (Å²) >= 11 is 0. The van der Waals surface area contributed by atoms with Gasteiger partial charge < -0.3 is 15.4 Å². The van der Waals surface area contributed by atoms with E-state index in [1.54, 1.807) is 0 Å². The maximum absolute atomic E-state index is 5.94. The van der Waals surface area contributed by atoms with Gasteiger partial charge in [-0.15, -0.1) is 0 Å². The average Bonchev–Trinajstić information content (AvgIpc) is 2.48. The van der Waals surface area contributed by atoms with Gasteiger partial charge in [0.2, 0.25) is 0 Å². The number of ether oxygens (including phenoxy) is 1. The molecule has 0 saturated heterocycles. The van der Waals surface area contributed by atoms with Gasteiger partial charge in [0.1, 0.15) is 12.4 Å². The Morgan fingerprint density at radius 3 is 2.45 bits per heavy atom. The molecule has 2 aromatic carbocycles. The van der Waals surface area contributed by atoms with Crippen molar-refractivity contribution in [3.05, 3.63) is 65.7 Å². The second-order valence-corrected chi connectivity index (χ2v) is 4.91. The summed E-state index contributed by atoms with van der Waals surface area (Å²) in [4.78, 5) is 2.20. The normalized spacial score (nSPS) is 10.8. The van der Waals surface area contributed by atoms with Crippen molar-refractivity contribution in [1.82, 2.24) is 4.90 Å². The lowest BCUT2D eigenvalue weighted by Crippen LogP contribution is -2.25. The summed E-state index contributed by atoms with van der Waals surface area (Å²) in [6.45, 7) is 3.00. The molecule has 2 rings (SSSR count). The Kier molecular flexibility index (Phi) is 5.59. The Morgan fingerprint density at radius 2 is 1.70 bits per heavy atom. The van der Waals surface area contributed by atoms with Crippen LogP contribution in [0.4, 0.5) is 0 Å². The number of nitrogens with two attached hydrogens (primary N) is 1. The van der Waals surface area contributed by atoms with Crippen LogP contribution in [0, 0.1) is 0 Å². The van der Waals surface area contributed by atoms with E-state index in [2.05, 4.69) is 30.1 Å². The number of nitrogens with zero attached hydrogens (tertiary/aromatic N) is 1. The maximum atomic E-state index is 5.94. The minimum absolute atomic E-state index is 0.596. The summed E-state index contributed by atoms with van der Waals surface area (Å²) < 4.78 is 5.94. The quantitative estimate of drug-likeness (QED) is 0.840. The first-order valence-electron chi connectivity index (χ1n) is 6.93. The van der Waals surface area contributed by atoms with Gasteiger partial charge in [-0.2, -0.15) is 0 Å². The molecular weight excluding hydrogens is 248 g/mol. The number of para-hydroxylation sites is 1. The molecule has 20 heavy (non-hydrogen) atoms. The van der Waals surface area contributed by atoms with Crippen LogP contribution in [0.1, 0.15) is 11.1 Å². The second kappa shape index (κ2) is 7.68. The van der Waals surface area contributed by atoms with Crippen molar-refractivity contribution in [2.24, 2.45) is 5.73 Å². The van der Waals surface area contributed by atoms with Crippen molar-refractivity contribution >= 4 is 0 Å². The van der Waals surface area contributed by atoms with Crippen molar-refractivity contribution < 1.29 is 4.74 Å². The second-order valence-electron chi connectivity index (χ2n) is 4.91. The number of hydrogen-bond acceptors (Lipinski definition) is 3. The van der Waals surface area contributed by atoms with E-state index in [4.69, 9.17) is 10.5 Å². The Hall–Kier alpha value is -1.84. The van der Waals surface area contributed by atoms with Gasteiger partial charge in [0.15, 0.2) is 0 Å². The van der Waals surface area contributed by atoms with E-state index in [1.807, 2.05) is 36.4 Å². The van der Waals surface area contributed by atoms with Gasteiger partial charge in [-0.25, -0.2) is 0 Å². The van der Waals surface area contributed by atoms with Gasteiger partial charge in [0, 0.05) is 25.2 Å². The summed E-state index contributed by atoms with van der Waals surface area (Å²) in [6, 6.07) is 18.4. The molecule has 0 aliphatic carbocycles. The Bertz CT molecular complexity index is 513. The third-order valence-electron chi connectivity index (χ3n) is 3.16. The van der Waals surface area contributed by atoms with Crippen LogP contribution in [0.5, 0.6) is 5.75 Å². The summed E-state index contributed by atoms with van der Waals surface area (Å²) in [7, 11) is 2.07. The van der Waals surface area contributed by atoms with Crippen LogP contribution in [-0.2, 0) is 13.2 Å². The van der Waals surface area contributed by atoms with Crippen LogP contribution in [0.3, 0.4) is 0 Å². The molecule has 0 radical (unpaired) electrons. The van der Waals surface area contributed by atoms with Crippen LogP contribution in [-0.4, -0.2) is 25.0 Å². The van der Waals surface area contributed by atoms with Crippen LogP contribution >= 0.6 is 0 Å². The predicted octanol–water partition coefficient (Wildman–Crippen LogP) is 2.66. The highest BCUT2D eigenvalue weighted by Crippen LogP contribution is 2.20. The van der Waals surface area contributed by atoms with E-state index in [0.717, 1.165) is 18.8 Å². The highest BCUT2D eigenvalue weighted by molar-refractivity contribution is 5.33. The third kappa shape index (κ3) is 4.37. The zero-order valence-corrected chi connectivity index (χ0v) is 12.0. The zero-order valence-electron chi connectivity index (χ0n) is 12.0. The van der Waals surface area contributed by atoms with Crippen molar-refractivity contribution in [3.8, 4) is 5.75 Å². The first-order chi connectivity index (χ1) is 9.79. The standard InChI is InChI=1S/C17H22N2O/c1-19(12-11-18)13-16-9-5-6-10-17(16)20-14-15-7-3-2-4-8-15/h2-10H,11-14,18H2,1H3. The molecule has 3 heteroatoms. The van der Waals surface area contributed by atoms with E-state index < -0.39 is 0 Å². The van der Waals surface area contributed by atoms with Gasteiger partial charge in [-0.05, 0) is 18.7 Å². The fraction of sp³-hybridized carbons (Fsp3) is 0.294.